The third kappa shape index (κ3) is 2.48. The van der Waals surface area contributed by atoms with Crippen molar-refractivity contribution in [2.75, 3.05) is 11.9 Å². The fourth-order valence-electron chi connectivity index (χ4n) is 2.32. The SMILES string of the molecule is CC1CCN(C(=O)c2cccc(Br)c2F)C1CBr. The summed E-state index contributed by atoms with van der Waals surface area (Å²) in [6, 6.07) is 4.97. The van der Waals surface area contributed by atoms with Crippen LogP contribution in [-0.2, 0) is 0 Å². The number of likely N-dealkylation sites (tertiary alicyclic amines) is 1. The van der Waals surface area contributed by atoms with Crippen molar-refractivity contribution in [1.82, 2.24) is 4.90 Å². The maximum atomic E-state index is 13.9. The predicted molar refractivity (Wildman–Crippen MR) is 76.5 cm³/mol. The van der Waals surface area contributed by atoms with Crippen LogP contribution in [0.3, 0.4) is 0 Å². The highest BCUT2D eigenvalue weighted by Gasteiger charge is 2.34. The average molecular weight is 379 g/mol. The first-order valence-electron chi connectivity index (χ1n) is 5.87. The lowest BCUT2D eigenvalue weighted by Gasteiger charge is -2.25. The lowest BCUT2D eigenvalue weighted by atomic mass is 10.0. The van der Waals surface area contributed by atoms with Gasteiger partial charge in [0.25, 0.3) is 5.91 Å². The Morgan fingerprint density at radius 3 is 2.94 bits per heavy atom. The van der Waals surface area contributed by atoms with Gasteiger partial charge in [-0.3, -0.25) is 4.79 Å². The molecule has 0 radical (unpaired) electrons. The Labute approximate surface area is 123 Å². The van der Waals surface area contributed by atoms with Gasteiger partial charge in [-0.15, -0.1) is 0 Å². The minimum absolute atomic E-state index is 0.143. The van der Waals surface area contributed by atoms with Crippen molar-refractivity contribution in [3.63, 3.8) is 0 Å². The van der Waals surface area contributed by atoms with E-state index >= 15 is 0 Å². The minimum atomic E-state index is -0.477. The lowest BCUT2D eigenvalue weighted by Crippen LogP contribution is -2.39. The van der Waals surface area contributed by atoms with Crippen LogP contribution in [0.15, 0.2) is 22.7 Å². The topological polar surface area (TPSA) is 20.3 Å². The molecule has 2 atom stereocenters. The fraction of sp³-hybridized carbons (Fsp3) is 0.462. The first kappa shape index (κ1) is 14.0. The molecule has 18 heavy (non-hydrogen) atoms. The smallest absolute Gasteiger partial charge is 0.257 e. The molecule has 0 spiro atoms. The highest BCUT2D eigenvalue weighted by atomic mass is 79.9. The molecule has 5 heteroatoms. The van der Waals surface area contributed by atoms with Crippen molar-refractivity contribution < 1.29 is 9.18 Å². The van der Waals surface area contributed by atoms with Gasteiger partial charge in [-0.05, 0) is 40.4 Å². The molecule has 0 saturated carbocycles. The first-order chi connectivity index (χ1) is 8.56. The Kier molecular flexibility index (Phi) is 4.43. The summed E-state index contributed by atoms with van der Waals surface area (Å²) in [6.45, 7) is 2.82. The van der Waals surface area contributed by atoms with Gasteiger partial charge in [0.1, 0.15) is 5.82 Å². The zero-order valence-corrected chi connectivity index (χ0v) is 13.2. The molecule has 0 N–H and O–H groups in total. The van der Waals surface area contributed by atoms with Gasteiger partial charge in [-0.1, -0.05) is 28.9 Å². The standard InChI is InChI=1S/C13H14Br2FNO/c1-8-5-6-17(11(8)7-14)13(18)9-3-2-4-10(15)12(9)16/h2-4,8,11H,5-7H2,1H3. The summed E-state index contributed by atoms with van der Waals surface area (Å²) >= 11 is 6.55. The van der Waals surface area contributed by atoms with E-state index in [2.05, 4.69) is 38.8 Å². The molecule has 0 bridgehead atoms. The van der Waals surface area contributed by atoms with E-state index in [1.807, 2.05) is 0 Å². The molecule has 1 aliphatic heterocycles. The van der Waals surface area contributed by atoms with Crippen LogP contribution in [0.5, 0.6) is 0 Å². The summed E-state index contributed by atoms with van der Waals surface area (Å²) in [5.41, 5.74) is 0.143. The monoisotopic (exact) mass is 377 g/mol. The van der Waals surface area contributed by atoms with Crippen LogP contribution in [0.4, 0.5) is 4.39 Å². The van der Waals surface area contributed by atoms with Crippen molar-refractivity contribution in [2.45, 2.75) is 19.4 Å². The quantitative estimate of drug-likeness (QED) is 0.716. The first-order valence-corrected chi connectivity index (χ1v) is 7.78. The zero-order valence-electron chi connectivity index (χ0n) is 10.00. The van der Waals surface area contributed by atoms with E-state index in [1.54, 1.807) is 17.0 Å². The summed E-state index contributed by atoms with van der Waals surface area (Å²) in [6.07, 6.45) is 0.970. The molecule has 0 aromatic heterocycles. The maximum Gasteiger partial charge on any atom is 0.257 e. The van der Waals surface area contributed by atoms with Gasteiger partial charge >= 0.3 is 0 Å². The van der Waals surface area contributed by atoms with Crippen LogP contribution in [0, 0.1) is 11.7 Å². The molecule has 1 aromatic rings. The number of carbonyl (C=O) groups is 1. The number of halogens is 3. The highest BCUT2D eigenvalue weighted by molar-refractivity contribution is 9.10. The number of amides is 1. The van der Waals surface area contributed by atoms with E-state index in [0.29, 0.717) is 16.9 Å². The van der Waals surface area contributed by atoms with Crippen LogP contribution in [0.1, 0.15) is 23.7 Å². The van der Waals surface area contributed by atoms with Gasteiger partial charge in [-0.25, -0.2) is 4.39 Å². The second kappa shape index (κ2) is 5.70. The van der Waals surface area contributed by atoms with E-state index < -0.39 is 5.82 Å². The van der Waals surface area contributed by atoms with E-state index in [-0.39, 0.29) is 17.5 Å². The van der Waals surface area contributed by atoms with Gasteiger partial charge in [0.2, 0.25) is 0 Å². The molecule has 2 unspecified atom stereocenters. The summed E-state index contributed by atoms with van der Waals surface area (Å²) < 4.78 is 14.3. The van der Waals surface area contributed by atoms with E-state index in [0.717, 1.165) is 11.8 Å². The molecule has 0 aliphatic carbocycles. The third-order valence-corrected chi connectivity index (χ3v) is 4.76. The van der Waals surface area contributed by atoms with Crippen molar-refractivity contribution in [3.8, 4) is 0 Å². The zero-order chi connectivity index (χ0) is 13.3. The molecule has 1 aromatic carbocycles. The number of alkyl halides is 1. The Morgan fingerprint density at radius 2 is 2.28 bits per heavy atom. The lowest BCUT2D eigenvalue weighted by molar-refractivity contribution is 0.0734. The van der Waals surface area contributed by atoms with E-state index in [1.165, 1.54) is 6.07 Å². The Hall–Kier alpha value is -0.420. The van der Waals surface area contributed by atoms with Gasteiger partial charge in [-0.2, -0.15) is 0 Å². The normalized spacial score (nSPS) is 23.4. The predicted octanol–water partition coefficient (Wildman–Crippen LogP) is 3.83. The van der Waals surface area contributed by atoms with Crippen molar-refractivity contribution in [1.29, 1.82) is 0 Å². The molecule has 1 aliphatic rings. The minimum Gasteiger partial charge on any atom is -0.334 e. The molecule has 2 nitrogen and oxygen atoms in total. The van der Waals surface area contributed by atoms with Crippen LogP contribution in [-0.4, -0.2) is 28.7 Å². The van der Waals surface area contributed by atoms with Crippen LogP contribution < -0.4 is 0 Å². The van der Waals surface area contributed by atoms with Crippen molar-refractivity contribution in [3.05, 3.63) is 34.1 Å². The van der Waals surface area contributed by atoms with Gasteiger partial charge in [0, 0.05) is 17.9 Å². The van der Waals surface area contributed by atoms with Crippen LogP contribution in [0.25, 0.3) is 0 Å². The van der Waals surface area contributed by atoms with Gasteiger partial charge in [0.05, 0.1) is 10.0 Å². The molecule has 98 valence electrons. The second-order valence-corrected chi connectivity index (χ2v) is 6.09. The van der Waals surface area contributed by atoms with Gasteiger partial charge in [0.15, 0.2) is 0 Å². The molecular formula is C13H14Br2FNO. The molecule has 1 amide bonds. The van der Waals surface area contributed by atoms with Crippen LogP contribution >= 0.6 is 31.9 Å². The fourth-order valence-corrected chi connectivity index (χ4v) is 3.67. The highest BCUT2D eigenvalue weighted by Crippen LogP contribution is 2.28. The number of nitrogens with zero attached hydrogens (tertiary/aromatic N) is 1. The summed E-state index contributed by atoms with van der Waals surface area (Å²) in [4.78, 5) is 14.1. The molecule has 1 saturated heterocycles. The Bertz CT molecular complexity index is 466. The molecule has 1 heterocycles. The number of rotatable bonds is 2. The average Bonchev–Trinajstić information content (AvgIpc) is 2.73. The number of hydrogen-bond donors (Lipinski definition) is 0. The van der Waals surface area contributed by atoms with E-state index in [9.17, 15) is 9.18 Å². The number of carbonyl (C=O) groups excluding carboxylic acids is 1. The summed E-state index contributed by atoms with van der Waals surface area (Å²) in [5, 5.41) is 0.732. The van der Waals surface area contributed by atoms with Gasteiger partial charge < -0.3 is 4.90 Å². The molecule has 2 rings (SSSR count). The van der Waals surface area contributed by atoms with Crippen molar-refractivity contribution in [2.24, 2.45) is 5.92 Å². The summed E-state index contributed by atoms with van der Waals surface area (Å²) in [7, 11) is 0. The number of benzene rings is 1. The third-order valence-electron chi connectivity index (χ3n) is 3.48. The Morgan fingerprint density at radius 1 is 1.56 bits per heavy atom. The summed E-state index contributed by atoms with van der Waals surface area (Å²) in [5.74, 6) is -0.249. The second-order valence-electron chi connectivity index (χ2n) is 4.59. The van der Waals surface area contributed by atoms with Crippen LogP contribution in [0.2, 0.25) is 0 Å². The molecular weight excluding hydrogens is 365 g/mol. The largest absolute Gasteiger partial charge is 0.334 e. The number of hydrogen-bond acceptors (Lipinski definition) is 1. The van der Waals surface area contributed by atoms with E-state index in [4.69, 9.17) is 0 Å². The molecule has 1 fully saturated rings. The maximum absolute atomic E-state index is 13.9. The van der Waals surface area contributed by atoms with Crippen molar-refractivity contribution >= 4 is 37.8 Å². The Balaban J connectivity index is 2.29.